The lowest BCUT2D eigenvalue weighted by Crippen LogP contribution is -2.09. The Morgan fingerprint density at radius 3 is 2.94 bits per heavy atom. The van der Waals surface area contributed by atoms with Crippen LogP contribution in [0.15, 0.2) is 30.5 Å². The second kappa shape index (κ2) is 4.87. The Morgan fingerprint density at radius 2 is 2.33 bits per heavy atom. The number of aromatic nitrogens is 2. The van der Waals surface area contributed by atoms with E-state index in [9.17, 15) is 9.18 Å². The van der Waals surface area contributed by atoms with E-state index in [1.807, 2.05) is 0 Å². The van der Waals surface area contributed by atoms with Crippen molar-refractivity contribution in [2.24, 2.45) is 7.05 Å². The summed E-state index contributed by atoms with van der Waals surface area (Å²) in [5.74, 6) is -0.618. The number of carbonyl (C=O) groups is 1. The molecule has 6 heteroatoms. The number of hydrogen-bond donors (Lipinski definition) is 1. The fourth-order valence-electron chi connectivity index (χ4n) is 1.49. The Labute approximate surface area is 102 Å². The van der Waals surface area contributed by atoms with Crippen LogP contribution < -0.4 is 4.74 Å². The summed E-state index contributed by atoms with van der Waals surface area (Å²) in [4.78, 5) is 14.7. The van der Waals surface area contributed by atoms with Gasteiger partial charge in [-0.1, -0.05) is 6.07 Å². The molecule has 0 saturated heterocycles. The first-order chi connectivity index (χ1) is 8.58. The first-order valence-electron chi connectivity index (χ1n) is 5.20. The summed E-state index contributed by atoms with van der Waals surface area (Å²) < 4.78 is 19.7. The van der Waals surface area contributed by atoms with Gasteiger partial charge in [-0.25, -0.2) is 14.2 Å². The average Bonchev–Trinajstić information content (AvgIpc) is 2.68. The van der Waals surface area contributed by atoms with E-state index in [1.54, 1.807) is 13.1 Å². The molecular formula is C12H11FN2O3. The second-order valence-electron chi connectivity index (χ2n) is 3.67. The highest BCUT2D eigenvalue weighted by atomic mass is 19.1. The standard InChI is InChI=1S/C12H11FN2O3/c1-15-10(12(16)17)6-14-11(15)7-18-9-4-2-3-8(13)5-9/h2-6H,7H2,1H3,(H,16,17). The third-order valence-electron chi connectivity index (χ3n) is 2.47. The minimum atomic E-state index is -1.05. The van der Waals surface area contributed by atoms with Gasteiger partial charge in [-0.15, -0.1) is 0 Å². The van der Waals surface area contributed by atoms with Crippen molar-refractivity contribution < 1.29 is 19.0 Å². The van der Waals surface area contributed by atoms with E-state index in [2.05, 4.69) is 4.98 Å². The molecule has 1 aromatic carbocycles. The number of benzene rings is 1. The third kappa shape index (κ3) is 2.48. The van der Waals surface area contributed by atoms with Gasteiger partial charge < -0.3 is 14.4 Å². The predicted molar refractivity (Wildman–Crippen MR) is 60.9 cm³/mol. The van der Waals surface area contributed by atoms with Crippen molar-refractivity contribution in [2.75, 3.05) is 0 Å². The van der Waals surface area contributed by atoms with Crippen LogP contribution in [0, 0.1) is 5.82 Å². The highest BCUT2D eigenvalue weighted by Gasteiger charge is 2.12. The predicted octanol–water partition coefficient (Wildman–Crippen LogP) is 1.84. The number of hydrogen-bond acceptors (Lipinski definition) is 3. The smallest absolute Gasteiger partial charge is 0.354 e. The van der Waals surface area contributed by atoms with E-state index in [1.165, 1.54) is 29.0 Å². The summed E-state index contributed by atoms with van der Waals surface area (Å²) in [6.07, 6.45) is 1.26. The zero-order chi connectivity index (χ0) is 13.1. The Kier molecular flexibility index (Phi) is 3.27. The largest absolute Gasteiger partial charge is 0.486 e. The fourth-order valence-corrected chi connectivity index (χ4v) is 1.49. The quantitative estimate of drug-likeness (QED) is 0.899. The molecule has 0 aliphatic carbocycles. The maximum absolute atomic E-state index is 12.9. The molecule has 2 aromatic rings. The van der Waals surface area contributed by atoms with E-state index in [0.717, 1.165) is 0 Å². The molecule has 94 valence electrons. The number of nitrogens with zero attached hydrogens (tertiary/aromatic N) is 2. The minimum absolute atomic E-state index is 0.0766. The molecule has 1 heterocycles. The number of halogens is 1. The molecule has 0 amide bonds. The molecule has 0 bridgehead atoms. The van der Waals surface area contributed by atoms with E-state index in [-0.39, 0.29) is 12.3 Å². The van der Waals surface area contributed by atoms with Gasteiger partial charge >= 0.3 is 5.97 Å². The van der Waals surface area contributed by atoms with Gasteiger partial charge in [0.25, 0.3) is 0 Å². The Bertz CT molecular complexity index is 580. The number of rotatable bonds is 4. The Hall–Kier alpha value is -2.37. The number of carboxylic acid groups (broad SMARTS) is 1. The van der Waals surface area contributed by atoms with Crippen LogP contribution in [0.4, 0.5) is 4.39 Å². The normalized spacial score (nSPS) is 10.3. The van der Waals surface area contributed by atoms with Crippen molar-refractivity contribution in [3.8, 4) is 5.75 Å². The van der Waals surface area contributed by atoms with Crippen molar-refractivity contribution in [3.63, 3.8) is 0 Å². The zero-order valence-electron chi connectivity index (χ0n) is 9.63. The maximum atomic E-state index is 12.9. The first kappa shape index (κ1) is 12.1. The van der Waals surface area contributed by atoms with Crippen LogP contribution in [0.2, 0.25) is 0 Å². The molecule has 0 spiro atoms. The molecule has 0 unspecified atom stereocenters. The van der Waals surface area contributed by atoms with Crippen LogP contribution in [0.3, 0.4) is 0 Å². The van der Waals surface area contributed by atoms with Crippen LogP contribution in [0.25, 0.3) is 0 Å². The first-order valence-corrected chi connectivity index (χ1v) is 5.20. The van der Waals surface area contributed by atoms with E-state index < -0.39 is 11.8 Å². The van der Waals surface area contributed by atoms with Crippen LogP contribution in [-0.4, -0.2) is 20.6 Å². The highest BCUT2D eigenvalue weighted by molar-refractivity contribution is 5.85. The van der Waals surface area contributed by atoms with Gasteiger partial charge in [-0.2, -0.15) is 0 Å². The van der Waals surface area contributed by atoms with Gasteiger partial charge in [0.15, 0.2) is 0 Å². The lowest BCUT2D eigenvalue weighted by molar-refractivity contribution is 0.0686. The molecular weight excluding hydrogens is 239 g/mol. The topological polar surface area (TPSA) is 64.4 Å². The molecule has 5 nitrogen and oxygen atoms in total. The maximum Gasteiger partial charge on any atom is 0.354 e. The number of aromatic carboxylic acids is 1. The Balaban J connectivity index is 2.09. The Morgan fingerprint density at radius 1 is 1.56 bits per heavy atom. The average molecular weight is 250 g/mol. The summed E-state index contributed by atoms with van der Waals surface area (Å²) in [5, 5.41) is 8.85. The lowest BCUT2D eigenvalue weighted by atomic mass is 10.3. The van der Waals surface area contributed by atoms with Gasteiger partial charge in [0.1, 0.15) is 29.7 Å². The van der Waals surface area contributed by atoms with Gasteiger partial charge in [0.05, 0.1) is 6.20 Å². The van der Waals surface area contributed by atoms with Crippen molar-refractivity contribution in [2.45, 2.75) is 6.61 Å². The van der Waals surface area contributed by atoms with Gasteiger partial charge in [0.2, 0.25) is 0 Å². The van der Waals surface area contributed by atoms with Crippen LogP contribution in [-0.2, 0) is 13.7 Å². The summed E-state index contributed by atoms with van der Waals surface area (Å²) >= 11 is 0. The molecule has 2 rings (SSSR count). The second-order valence-corrected chi connectivity index (χ2v) is 3.67. The number of ether oxygens (including phenoxy) is 1. The highest BCUT2D eigenvalue weighted by Crippen LogP contribution is 2.14. The summed E-state index contributed by atoms with van der Waals surface area (Å²) in [6, 6.07) is 5.72. The van der Waals surface area contributed by atoms with E-state index in [4.69, 9.17) is 9.84 Å². The van der Waals surface area contributed by atoms with Crippen LogP contribution in [0.5, 0.6) is 5.75 Å². The van der Waals surface area contributed by atoms with Gasteiger partial charge in [0, 0.05) is 13.1 Å². The van der Waals surface area contributed by atoms with Crippen LogP contribution >= 0.6 is 0 Å². The molecule has 0 aliphatic rings. The van der Waals surface area contributed by atoms with E-state index in [0.29, 0.717) is 11.6 Å². The van der Waals surface area contributed by atoms with Crippen molar-refractivity contribution in [1.82, 2.24) is 9.55 Å². The summed E-state index contributed by atoms with van der Waals surface area (Å²) in [6.45, 7) is 0.0766. The SMILES string of the molecule is Cn1c(C(=O)O)cnc1COc1cccc(F)c1. The van der Waals surface area contributed by atoms with Crippen molar-refractivity contribution in [1.29, 1.82) is 0 Å². The molecule has 0 atom stereocenters. The molecule has 0 radical (unpaired) electrons. The van der Waals surface area contributed by atoms with Crippen molar-refractivity contribution >= 4 is 5.97 Å². The minimum Gasteiger partial charge on any atom is -0.486 e. The molecule has 0 fully saturated rings. The summed E-state index contributed by atoms with van der Waals surface area (Å²) in [5.41, 5.74) is 0.0767. The fraction of sp³-hybridized carbons (Fsp3) is 0.167. The zero-order valence-corrected chi connectivity index (χ0v) is 9.63. The van der Waals surface area contributed by atoms with Gasteiger partial charge in [-0.3, -0.25) is 0 Å². The monoisotopic (exact) mass is 250 g/mol. The third-order valence-corrected chi connectivity index (χ3v) is 2.47. The molecule has 1 aromatic heterocycles. The van der Waals surface area contributed by atoms with Crippen molar-refractivity contribution in [3.05, 3.63) is 47.8 Å². The van der Waals surface area contributed by atoms with Crippen LogP contribution in [0.1, 0.15) is 16.3 Å². The number of imidazole rings is 1. The molecule has 1 N–H and O–H groups in total. The lowest BCUT2D eigenvalue weighted by Gasteiger charge is -2.06. The number of carboxylic acids is 1. The van der Waals surface area contributed by atoms with E-state index >= 15 is 0 Å². The summed E-state index contributed by atoms with van der Waals surface area (Å²) in [7, 11) is 1.58. The van der Waals surface area contributed by atoms with Gasteiger partial charge in [-0.05, 0) is 12.1 Å². The molecule has 0 saturated carbocycles. The molecule has 0 aliphatic heterocycles. The molecule has 18 heavy (non-hydrogen) atoms.